The fourth-order valence-corrected chi connectivity index (χ4v) is 4.62. The number of hydrogen-bond donors (Lipinski definition) is 0. The van der Waals surface area contributed by atoms with E-state index in [0.29, 0.717) is 19.6 Å². The fraction of sp³-hybridized carbons (Fsp3) is 0.696. The van der Waals surface area contributed by atoms with Crippen LogP contribution >= 0.6 is 0 Å². The van der Waals surface area contributed by atoms with E-state index in [2.05, 4.69) is 9.80 Å². The van der Waals surface area contributed by atoms with Gasteiger partial charge in [-0.05, 0) is 62.9 Å². The van der Waals surface area contributed by atoms with Crippen molar-refractivity contribution < 1.29 is 9.18 Å². The van der Waals surface area contributed by atoms with E-state index < -0.39 is 0 Å². The fourth-order valence-electron chi connectivity index (χ4n) is 4.62. The first-order chi connectivity index (χ1) is 13.6. The van der Waals surface area contributed by atoms with Gasteiger partial charge in [-0.25, -0.2) is 4.39 Å². The molecule has 4 nitrogen and oxygen atoms in total. The molecule has 0 bridgehead atoms. The Morgan fingerprint density at radius 2 is 1.82 bits per heavy atom. The normalized spacial score (nSPS) is 20.1. The van der Waals surface area contributed by atoms with Crippen LogP contribution in [0.25, 0.3) is 0 Å². The van der Waals surface area contributed by atoms with Crippen molar-refractivity contribution in [1.29, 1.82) is 0 Å². The van der Waals surface area contributed by atoms with E-state index in [1.807, 2.05) is 17.9 Å². The van der Waals surface area contributed by atoms with Crippen LogP contribution in [-0.4, -0.2) is 66.4 Å². The largest absolute Gasteiger partial charge is 0.338 e. The van der Waals surface area contributed by atoms with E-state index in [1.165, 1.54) is 50.8 Å². The lowest BCUT2D eigenvalue weighted by Crippen LogP contribution is -2.41. The molecule has 2 aliphatic rings. The minimum atomic E-state index is -0.244. The lowest BCUT2D eigenvalue weighted by atomic mass is 9.89. The number of rotatable bonds is 7. The Morgan fingerprint density at radius 1 is 1.07 bits per heavy atom. The molecule has 0 atom stereocenters. The molecule has 0 aromatic heterocycles. The van der Waals surface area contributed by atoms with Gasteiger partial charge in [0.25, 0.3) is 0 Å². The zero-order chi connectivity index (χ0) is 19.8. The molecule has 1 saturated heterocycles. The Kier molecular flexibility index (Phi) is 8.28. The zero-order valence-corrected chi connectivity index (χ0v) is 17.4. The molecule has 0 unspecified atom stereocenters. The highest BCUT2D eigenvalue weighted by molar-refractivity contribution is 5.78. The second kappa shape index (κ2) is 10.9. The molecule has 0 spiro atoms. The summed E-state index contributed by atoms with van der Waals surface area (Å²) in [4.78, 5) is 19.6. The van der Waals surface area contributed by atoms with Gasteiger partial charge in [-0.1, -0.05) is 31.4 Å². The van der Waals surface area contributed by atoms with E-state index in [9.17, 15) is 9.18 Å². The van der Waals surface area contributed by atoms with Gasteiger partial charge < -0.3 is 9.80 Å². The maximum Gasteiger partial charge on any atom is 0.237 e. The van der Waals surface area contributed by atoms with Crippen molar-refractivity contribution in [3.63, 3.8) is 0 Å². The number of nitrogens with zero attached hydrogens (tertiary/aromatic N) is 3. The van der Waals surface area contributed by atoms with Crippen molar-refractivity contribution in [3.8, 4) is 0 Å². The molecule has 5 heteroatoms. The Balaban J connectivity index is 1.46. The van der Waals surface area contributed by atoms with E-state index in [0.717, 1.165) is 44.1 Å². The van der Waals surface area contributed by atoms with Crippen molar-refractivity contribution >= 4 is 5.91 Å². The number of benzene rings is 1. The van der Waals surface area contributed by atoms with Crippen LogP contribution in [0.15, 0.2) is 24.3 Å². The molecule has 1 aliphatic carbocycles. The van der Waals surface area contributed by atoms with Gasteiger partial charge in [0.15, 0.2) is 0 Å². The summed E-state index contributed by atoms with van der Waals surface area (Å²) in [5.41, 5.74) is 0.852. The van der Waals surface area contributed by atoms with Gasteiger partial charge in [-0.2, -0.15) is 0 Å². The van der Waals surface area contributed by atoms with Gasteiger partial charge in [0.1, 0.15) is 5.82 Å². The Bertz CT molecular complexity index is 618. The van der Waals surface area contributed by atoms with Crippen LogP contribution in [0.5, 0.6) is 0 Å². The van der Waals surface area contributed by atoms with Crippen molar-refractivity contribution in [2.75, 3.05) is 45.8 Å². The summed E-state index contributed by atoms with van der Waals surface area (Å²) < 4.78 is 13.4. The van der Waals surface area contributed by atoms with Crippen LogP contribution in [0.2, 0.25) is 0 Å². The Labute approximate surface area is 169 Å². The van der Waals surface area contributed by atoms with Gasteiger partial charge in [0.05, 0.1) is 6.54 Å². The van der Waals surface area contributed by atoms with Crippen molar-refractivity contribution in [1.82, 2.24) is 14.7 Å². The number of carbonyl (C=O) groups excluding carboxylic acids is 1. The number of carbonyl (C=O) groups is 1. The lowest BCUT2D eigenvalue weighted by Gasteiger charge is -2.29. The average Bonchev–Trinajstić information content (AvgIpc) is 2.92. The average molecular weight is 390 g/mol. The molecule has 1 aromatic carbocycles. The monoisotopic (exact) mass is 389 g/mol. The van der Waals surface area contributed by atoms with E-state index in [-0.39, 0.29) is 11.7 Å². The number of hydrogen-bond acceptors (Lipinski definition) is 3. The summed E-state index contributed by atoms with van der Waals surface area (Å²) in [5.74, 6) is 0.780. The maximum absolute atomic E-state index is 13.4. The lowest BCUT2D eigenvalue weighted by molar-refractivity contribution is -0.132. The van der Waals surface area contributed by atoms with Gasteiger partial charge in [-0.15, -0.1) is 0 Å². The number of amides is 1. The molecule has 28 heavy (non-hydrogen) atoms. The molecular formula is C23H36FN3O. The molecule has 1 aromatic rings. The van der Waals surface area contributed by atoms with E-state index in [1.54, 1.807) is 6.07 Å². The molecule has 1 heterocycles. The Hall–Kier alpha value is -1.46. The van der Waals surface area contributed by atoms with Gasteiger partial charge in [0, 0.05) is 32.7 Å². The zero-order valence-electron chi connectivity index (χ0n) is 17.4. The summed E-state index contributed by atoms with van der Waals surface area (Å²) >= 11 is 0. The third-order valence-electron chi connectivity index (χ3n) is 6.28. The maximum atomic E-state index is 13.4. The SMILES string of the molecule is CCN(Cc1cccc(F)c1)C(=O)CN1CCCN(CC2CCCCC2)CC1. The first kappa shape index (κ1) is 21.3. The van der Waals surface area contributed by atoms with Gasteiger partial charge >= 0.3 is 0 Å². The highest BCUT2D eigenvalue weighted by Crippen LogP contribution is 2.24. The third-order valence-corrected chi connectivity index (χ3v) is 6.28. The standard InChI is InChI=1S/C23H36FN3O/c1-2-27(18-21-10-6-11-22(24)16-21)23(28)19-26-13-7-12-25(14-15-26)17-20-8-4-3-5-9-20/h6,10-11,16,20H,2-5,7-9,12-15,17-19H2,1H3. The molecule has 156 valence electrons. The van der Waals surface area contributed by atoms with E-state index >= 15 is 0 Å². The smallest absolute Gasteiger partial charge is 0.237 e. The highest BCUT2D eigenvalue weighted by atomic mass is 19.1. The summed E-state index contributed by atoms with van der Waals surface area (Å²) in [5, 5.41) is 0. The summed E-state index contributed by atoms with van der Waals surface area (Å²) in [7, 11) is 0. The molecule has 1 saturated carbocycles. The van der Waals surface area contributed by atoms with Crippen molar-refractivity contribution in [3.05, 3.63) is 35.6 Å². The Morgan fingerprint density at radius 3 is 2.57 bits per heavy atom. The summed E-state index contributed by atoms with van der Waals surface area (Å²) in [6.45, 7) is 9.02. The molecule has 3 rings (SSSR count). The van der Waals surface area contributed by atoms with Crippen LogP contribution < -0.4 is 0 Å². The van der Waals surface area contributed by atoms with Crippen molar-refractivity contribution in [2.45, 2.75) is 52.0 Å². The van der Waals surface area contributed by atoms with Crippen molar-refractivity contribution in [2.24, 2.45) is 5.92 Å². The molecule has 0 radical (unpaired) electrons. The predicted octanol–water partition coefficient (Wildman–Crippen LogP) is 3.76. The molecule has 1 amide bonds. The summed E-state index contributed by atoms with van der Waals surface area (Å²) in [6.07, 6.45) is 8.13. The van der Waals surface area contributed by atoms with Crippen LogP contribution in [0.4, 0.5) is 4.39 Å². The molecular weight excluding hydrogens is 353 g/mol. The third kappa shape index (κ3) is 6.56. The molecule has 2 fully saturated rings. The first-order valence-electron chi connectivity index (χ1n) is 11.1. The van der Waals surface area contributed by atoms with Gasteiger partial charge in [0.2, 0.25) is 5.91 Å². The topological polar surface area (TPSA) is 26.8 Å². The number of likely N-dealkylation sites (N-methyl/N-ethyl adjacent to an activating group) is 1. The minimum absolute atomic E-state index is 0.146. The molecule has 0 N–H and O–H groups in total. The quantitative estimate of drug-likeness (QED) is 0.710. The van der Waals surface area contributed by atoms with Crippen LogP contribution in [-0.2, 0) is 11.3 Å². The van der Waals surface area contributed by atoms with Crippen LogP contribution in [0.3, 0.4) is 0 Å². The van der Waals surface area contributed by atoms with Gasteiger partial charge in [-0.3, -0.25) is 9.69 Å². The van der Waals surface area contributed by atoms with Crippen LogP contribution in [0, 0.1) is 11.7 Å². The first-order valence-corrected chi connectivity index (χ1v) is 11.1. The minimum Gasteiger partial charge on any atom is -0.338 e. The second-order valence-electron chi connectivity index (χ2n) is 8.47. The predicted molar refractivity (Wildman–Crippen MR) is 112 cm³/mol. The van der Waals surface area contributed by atoms with Crippen LogP contribution in [0.1, 0.15) is 51.0 Å². The summed E-state index contributed by atoms with van der Waals surface area (Å²) in [6, 6.07) is 6.55. The molecule has 1 aliphatic heterocycles. The number of halogens is 1. The highest BCUT2D eigenvalue weighted by Gasteiger charge is 2.22. The van der Waals surface area contributed by atoms with E-state index in [4.69, 9.17) is 0 Å². The second-order valence-corrected chi connectivity index (χ2v) is 8.47.